The maximum absolute atomic E-state index is 5.96. The second-order valence-corrected chi connectivity index (χ2v) is 13.2. The predicted molar refractivity (Wildman–Crippen MR) is 195 cm³/mol. The number of para-hydroxylation sites is 1. The van der Waals surface area contributed by atoms with Crippen LogP contribution in [0.25, 0.3) is 72.0 Å². The number of aryl methyl sites for hydroxylation is 1. The zero-order valence-electron chi connectivity index (χ0n) is 26.2. The fourth-order valence-corrected chi connectivity index (χ4v) is 8.86. The molecular weight excluding hydrogens is 585 g/mol. The quantitative estimate of drug-likeness (QED) is 0.194. The minimum Gasteiger partial charge on any atom is -0.464 e. The van der Waals surface area contributed by atoms with Crippen LogP contribution in [0.3, 0.4) is 0 Å². The summed E-state index contributed by atoms with van der Waals surface area (Å²) in [5, 5.41) is 3.59. The highest BCUT2D eigenvalue weighted by Gasteiger charge is 2.51. The average Bonchev–Trinajstić information content (AvgIpc) is 3.88. The van der Waals surface area contributed by atoms with Crippen molar-refractivity contribution in [3.05, 3.63) is 180 Å². The first-order chi connectivity index (χ1) is 23.7. The van der Waals surface area contributed by atoms with Crippen LogP contribution in [0.5, 0.6) is 0 Å². The molecule has 48 heavy (non-hydrogen) atoms. The topological polar surface area (TPSA) is 31.0 Å². The van der Waals surface area contributed by atoms with Crippen LogP contribution < -0.4 is 0 Å². The summed E-state index contributed by atoms with van der Waals surface area (Å²) < 4.78 is 8.28. The Morgan fingerprint density at radius 2 is 1.23 bits per heavy atom. The van der Waals surface area contributed by atoms with E-state index in [9.17, 15) is 0 Å². The standard InChI is InChI=1S/C45H28N2O/c1-27-9-8-21-46-44(27)47-41-15-7-4-12-34(41)35-19-17-29(25-42(35)47)28-16-18-33-36-26-43-30(20-22-48-43)24-40(36)45(39(33)23-28)37-13-5-2-10-31(37)32-11-3-6-14-38(32)45/h2-26H,1H3. The molecule has 0 amide bonds. The highest BCUT2D eigenvalue weighted by Crippen LogP contribution is 2.63. The molecule has 224 valence electrons. The molecule has 0 saturated carbocycles. The van der Waals surface area contributed by atoms with Gasteiger partial charge in [0, 0.05) is 22.4 Å². The van der Waals surface area contributed by atoms with Crippen molar-refractivity contribution in [1.82, 2.24) is 9.55 Å². The number of fused-ring (bicyclic) bond motifs is 14. The van der Waals surface area contributed by atoms with E-state index >= 15 is 0 Å². The van der Waals surface area contributed by atoms with Gasteiger partial charge in [-0.15, -0.1) is 0 Å². The Bertz CT molecular complexity index is 2770. The third-order valence-corrected chi connectivity index (χ3v) is 10.9. The normalized spacial score (nSPS) is 13.7. The zero-order chi connectivity index (χ0) is 31.6. The summed E-state index contributed by atoms with van der Waals surface area (Å²) in [5.41, 5.74) is 16.8. The maximum atomic E-state index is 5.96. The Hall–Kier alpha value is -6.19. The van der Waals surface area contributed by atoms with Crippen LogP contribution >= 0.6 is 0 Å². The van der Waals surface area contributed by atoms with Crippen LogP contribution in [-0.2, 0) is 5.41 Å². The van der Waals surface area contributed by atoms with Crippen LogP contribution in [0.4, 0.5) is 0 Å². The van der Waals surface area contributed by atoms with E-state index in [0.717, 1.165) is 27.9 Å². The Balaban J connectivity index is 1.21. The van der Waals surface area contributed by atoms with E-state index in [0.29, 0.717) is 0 Å². The minimum atomic E-state index is -0.427. The molecule has 0 bridgehead atoms. The minimum absolute atomic E-state index is 0.427. The molecule has 6 aromatic carbocycles. The molecule has 9 aromatic rings. The summed E-state index contributed by atoms with van der Waals surface area (Å²) >= 11 is 0. The van der Waals surface area contributed by atoms with Crippen molar-refractivity contribution in [1.29, 1.82) is 0 Å². The smallest absolute Gasteiger partial charge is 0.140 e. The number of rotatable bonds is 2. The van der Waals surface area contributed by atoms with Crippen LogP contribution in [0, 0.1) is 6.92 Å². The van der Waals surface area contributed by atoms with Crippen molar-refractivity contribution >= 4 is 32.8 Å². The first-order valence-electron chi connectivity index (χ1n) is 16.5. The number of furan rings is 1. The highest BCUT2D eigenvalue weighted by atomic mass is 16.3. The van der Waals surface area contributed by atoms with Gasteiger partial charge in [-0.2, -0.15) is 0 Å². The Morgan fingerprint density at radius 1 is 0.542 bits per heavy atom. The number of aromatic nitrogens is 2. The highest BCUT2D eigenvalue weighted by molar-refractivity contribution is 6.10. The molecule has 2 aliphatic carbocycles. The third-order valence-electron chi connectivity index (χ3n) is 10.9. The van der Waals surface area contributed by atoms with E-state index in [-0.39, 0.29) is 0 Å². The number of hydrogen-bond donors (Lipinski definition) is 0. The third kappa shape index (κ3) is 3.16. The number of hydrogen-bond acceptors (Lipinski definition) is 2. The fraction of sp³-hybridized carbons (Fsp3) is 0.0444. The molecule has 0 unspecified atom stereocenters. The van der Waals surface area contributed by atoms with Crippen LogP contribution in [0.1, 0.15) is 27.8 Å². The molecule has 3 nitrogen and oxygen atoms in total. The van der Waals surface area contributed by atoms with Gasteiger partial charge < -0.3 is 4.42 Å². The molecule has 0 radical (unpaired) electrons. The Kier molecular flexibility index (Phi) is 4.98. The Morgan fingerprint density at radius 3 is 2.06 bits per heavy atom. The van der Waals surface area contributed by atoms with Gasteiger partial charge in [0.05, 0.1) is 22.7 Å². The molecule has 0 N–H and O–H groups in total. The van der Waals surface area contributed by atoms with Crippen LogP contribution in [0.2, 0.25) is 0 Å². The van der Waals surface area contributed by atoms with Gasteiger partial charge in [-0.1, -0.05) is 97.1 Å². The van der Waals surface area contributed by atoms with Gasteiger partial charge >= 0.3 is 0 Å². The van der Waals surface area contributed by atoms with Crippen molar-refractivity contribution in [3.63, 3.8) is 0 Å². The van der Waals surface area contributed by atoms with Gasteiger partial charge in [0.1, 0.15) is 11.4 Å². The van der Waals surface area contributed by atoms with E-state index in [1.807, 2.05) is 12.3 Å². The summed E-state index contributed by atoms with van der Waals surface area (Å²) in [7, 11) is 0. The van der Waals surface area contributed by atoms with Crippen molar-refractivity contribution in [3.8, 4) is 39.2 Å². The van der Waals surface area contributed by atoms with Gasteiger partial charge in [-0.05, 0) is 111 Å². The molecule has 0 atom stereocenters. The first-order valence-corrected chi connectivity index (χ1v) is 16.5. The van der Waals surface area contributed by atoms with Gasteiger partial charge in [-0.3, -0.25) is 4.57 Å². The predicted octanol–water partition coefficient (Wildman–Crippen LogP) is 11.2. The number of nitrogens with zero attached hydrogens (tertiary/aromatic N) is 2. The molecule has 1 spiro atoms. The summed E-state index contributed by atoms with van der Waals surface area (Å²) in [6, 6.07) is 51.4. The lowest BCUT2D eigenvalue weighted by atomic mass is 9.70. The second kappa shape index (κ2) is 9.21. The monoisotopic (exact) mass is 612 g/mol. The van der Waals surface area contributed by atoms with E-state index in [1.165, 1.54) is 71.9 Å². The first kappa shape index (κ1) is 25.9. The lowest BCUT2D eigenvalue weighted by Crippen LogP contribution is -2.25. The van der Waals surface area contributed by atoms with Crippen molar-refractivity contribution < 1.29 is 4.42 Å². The van der Waals surface area contributed by atoms with Crippen LogP contribution in [0.15, 0.2) is 156 Å². The largest absolute Gasteiger partial charge is 0.464 e. The van der Waals surface area contributed by atoms with E-state index in [2.05, 4.69) is 145 Å². The summed E-state index contributed by atoms with van der Waals surface area (Å²) in [6.45, 7) is 2.14. The summed E-state index contributed by atoms with van der Waals surface area (Å²) in [5.74, 6) is 0.965. The van der Waals surface area contributed by atoms with Gasteiger partial charge in [-0.25, -0.2) is 4.98 Å². The molecule has 3 heteroatoms. The van der Waals surface area contributed by atoms with Crippen molar-refractivity contribution in [2.45, 2.75) is 12.3 Å². The lowest BCUT2D eigenvalue weighted by molar-refractivity contribution is 0.616. The SMILES string of the molecule is Cc1cccnc1-n1c2ccccc2c2ccc(-c3ccc4c(c3)C3(c5ccccc5-c5ccccc53)c3cc5ccoc5cc3-4)cc21. The summed E-state index contributed by atoms with van der Waals surface area (Å²) in [6.07, 6.45) is 3.69. The Labute approximate surface area is 277 Å². The van der Waals surface area contributed by atoms with Crippen molar-refractivity contribution in [2.75, 3.05) is 0 Å². The van der Waals surface area contributed by atoms with E-state index < -0.39 is 5.41 Å². The molecule has 3 heterocycles. The van der Waals surface area contributed by atoms with Crippen molar-refractivity contribution in [2.24, 2.45) is 0 Å². The molecule has 0 saturated heterocycles. The zero-order valence-corrected chi connectivity index (χ0v) is 26.2. The van der Waals surface area contributed by atoms with Gasteiger partial charge in [0.2, 0.25) is 0 Å². The summed E-state index contributed by atoms with van der Waals surface area (Å²) in [4.78, 5) is 4.86. The van der Waals surface area contributed by atoms with Crippen LogP contribution in [-0.4, -0.2) is 9.55 Å². The molecule has 2 aliphatic rings. The lowest BCUT2D eigenvalue weighted by Gasteiger charge is -2.30. The fourth-order valence-electron chi connectivity index (χ4n) is 8.86. The average molecular weight is 613 g/mol. The van der Waals surface area contributed by atoms with Gasteiger partial charge in [0.15, 0.2) is 0 Å². The van der Waals surface area contributed by atoms with Gasteiger partial charge in [0.25, 0.3) is 0 Å². The number of benzene rings is 6. The molecule has 0 fully saturated rings. The molecular formula is C45H28N2O. The molecule has 0 aliphatic heterocycles. The van der Waals surface area contributed by atoms with E-state index in [1.54, 1.807) is 6.26 Å². The molecule has 11 rings (SSSR count). The maximum Gasteiger partial charge on any atom is 0.140 e. The second-order valence-electron chi connectivity index (χ2n) is 13.2. The van der Waals surface area contributed by atoms with E-state index in [4.69, 9.17) is 9.40 Å². The number of pyridine rings is 1. The molecule has 3 aromatic heterocycles.